The largest absolute Gasteiger partial charge is 0.255 e. The summed E-state index contributed by atoms with van der Waals surface area (Å²) in [4.78, 5) is 5.77. The van der Waals surface area contributed by atoms with Crippen LogP contribution in [0.25, 0.3) is 10.6 Å². The van der Waals surface area contributed by atoms with Gasteiger partial charge in [-0.3, -0.25) is 4.98 Å². The molecular weight excluding hydrogens is 262 g/mol. The van der Waals surface area contributed by atoms with E-state index in [0.717, 1.165) is 18.5 Å². The van der Waals surface area contributed by atoms with Crippen LogP contribution in [0.2, 0.25) is 0 Å². The van der Waals surface area contributed by atoms with E-state index in [0.29, 0.717) is 0 Å². The molecule has 2 heterocycles. The minimum absolute atomic E-state index is 1.07. The van der Waals surface area contributed by atoms with E-state index in [4.69, 9.17) is 0 Å². The van der Waals surface area contributed by atoms with Crippen molar-refractivity contribution in [1.82, 2.24) is 4.98 Å². The van der Waals surface area contributed by atoms with E-state index in [2.05, 4.69) is 53.7 Å². The van der Waals surface area contributed by atoms with E-state index in [1.54, 1.807) is 11.3 Å². The lowest BCUT2D eigenvalue weighted by atomic mass is 10.0. The van der Waals surface area contributed by atoms with E-state index in [1.807, 2.05) is 18.3 Å². The highest BCUT2D eigenvalue weighted by Crippen LogP contribution is 2.28. The predicted molar refractivity (Wildman–Crippen MR) is 86.1 cm³/mol. The lowest BCUT2D eigenvalue weighted by Gasteiger charge is -2.05. The molecule has 0 spiro atoms. The van der Waals surface area contributed by atoms with Gasteiger partial charge in [0.1, 0.15) is 0 Å². The molecule has 0 saturated carbocycles. The van der Waals surface area contributed by atoms with Gasteiger partial charge in [0.05, 0.1) is 10.6 Å². The minimum atomic E-state index is 1.07. The smallest absolute Gasteiger partial charge is 0.0804 e. The van der Waals surface area contributed by atoms with Gasteiger partial charge < -0.3 is 0 Å². The highest BCUT2D eigenvalue weighted by Gasteiger charge is 2.07. The Morgan fingerprint density at radius 2 is 1.95 bits per heavy atom. The minimum Gasteiger partial charge on any atom is -0.255 e. The molecule has 100 valence electrons. The van der Waals surface area contributed by atoms with Crippen molar-refractivity contribution in [3.8, 4) is 10.6 Å². The Morgan fingerprint density at radius 1 is 1.00 bits per heavy atom. The van der Waals surface area contributed by atoms with Crippen LogP contribution in [0.15, 0.2) is 60.1 Å². The van der Waals surface area contributed by atoms with Crippen LogP contribution in [0, 0.1) is 6.92 Å². The predicted octanol–water partition coefficient (Wildman–Crippen LogP) is 4.90. The summed E-state index contributed by atoms with van der Waals surface area (Å²) in [6.45, 7) is 2.15. The third-order valence-corrected chi connectivity index (χ3v) is 4.39. The first-order valence-corrected chi connectivity index (χ1v) is 7.74. The first kappa shape index (κ1) is 13.1. The molecule has 20 heavy (non-hydrogen) atoms. The highest BCUT2D eigenvalue weighted by molar-refractivity contribution is 7.13. The quantitative estimate of drug-likeness (QED) is 0.661. The van der Waals surface area contributed by atoms with Crippen molar-refractivity contribution in [2.24, 2.45) is 0 Å². The van der Waals surface area contributed by atoms with Crippen molar-refractivity contribution in [3.05, 3.63) is 76.8 Å². The van der Waals surface area contributed by atoms with Gasteiger partial charge >= 0.3 is 0 Å². The van der Waals surface area contributed by atoms with Gasteiger partial charge in [-0.25, -0.2) is 0 Å². The summed E-state index contributed by atoms with van der Waals surface area (Å²) in [6.07, 6.45) is 4.01. The van der Waals surface area contributed by atoms with E-state index in [1.165, 1.54) is 21.6 Å². The third kappa shape index (κ3) is 2.97. The van der Waals surface area contributed by atoms with Crippen molar-refractivity contribution < 1.29 is 0 Å². The molecule has 3 aromatic rings. The van der Waals surface area contributed by atoms with Crippen molar-refractivity contribution in [2.45, 2.75) is 19.8 Å². The summed E-state index contributed by atoms with van der Waals surface area (Å²) in [5.41, 5.74) is 5.22. The van der Waals surface area contributed by atoms with Crippen LogP contribution in [-0.4, -0.2) is 4.98 Å². The zero-order valence-electron chi connectivity index (χ0n) is 11.5. The standard InChI is InChI=1S/C18H17NS/c1-14-5-4-6-15(13-14)8-9-16-10-12-20-18(16)17-7-2-3-11-19-17/h2-7,10-13H,8-9H2,1H3. The van der Waals surface area contributed by atoms with Crippen molar-refractivity contribution in [2.75, 3.05) is 0 Å². The molecule has 0 unspecified atom stereocenters. The van der Waals surface area contributed by atoms with Gasteiger partial charge in [-0.2, -0.15) is 0 Å². The van der Waals surface area contributed by atoms with E-state index < -0.39 is 0 Å². The van der Waals surface area contributed by atoms with E-state index >= 15 is 0 Å². The van der Waals surface area contributed by atoms with E-state index in [-0.39, 0.29) is 0 Å². The number of aryl methyl sites for hydroxylation is 3. The van der Waals surface area contributed by atoms with Crippen molar-refractivity contribution in [1.29, 1.82) is 0 Å². The molecule has 0 amide bonds. The Morgan fingerprint density at radius 3 is 2.75 bits per heavy atom. The number of nitrogens with zero attached hydrogens (tertiary/aromatic N) is 1. The van der Waals surface area contributed by atoms with Gasteiger partial charge in [0.25, 0.3) is 0 Å². The van der Waals surface area contributed by atoms with Crippen LogP contribution in [0.5, 0.6) is 0 Å². The summed E-state index contributed by atoms with van der Waals surface area (Å²) in [5.74, 6) is 0. The molecule has 0 saturated heterocycles. The highest BCUT2D eigenvalue weighted by atomic mass is 32.1. The second-order valence-electron chi connectivity index (χ2n) is 4.98. The second kappa shape index (κ2) is 6.02. The molecule has 1 nitrogen and oxygen atoms in total. The maximum atomic E-state index is 4.46. The molecule has 0 aliphatic carbocycles. The average Bonchev–Trinajstić information content (AvgIpc) is 2.95. The molecule has 2 aromatic heterocycles. The number of hydrogen-bond acceptors (Lipinski definition) is 2. The Kier molecular flexibility index (Phi) is 3.93. The zero-order chi connectivity index (χ0) is 13.8. The fraction of sp³-hybridized carbons (Fsp3) is 0.167. The zero-order valence-corrected chi connectivity index (χ0v) is 12.4. The van der Waals surface area contributed by atoms with Gasteiger partial charge in [-0.1, -0.05) is 35.9 Å². The Bertz CT molecular complexity index is 685. The van der Waals surface area contributed by atoms with Crippen LogP contribution in [-0.2, 0) is 12.8 Å². The maximum absolute atomic E-state index is 4.46. The molecular formula is C18H17NS. The monoisotopic (exact) mass is 279 g/mol. The van der Waals surface area contributed by atoms with Gasteiger partial charge in [0.15, 0.2) is 0 Å². The number of hydrogen-bond donors (Lipinski definition) is 0. The molecule has 0 aliphatic heterocycles. The average molecular weight is 279 g/mol. The molecule has 1 aromatic carbocycles. The molecule has 0 N–H and O–H groups in total. The number of aromatic nitrogens is 1. The third-order valence-electron chi connectivity index (χ3n) is 3.41. The number of thiophene rings is 1. The van der Waals surface area contributed by atoms with Crippen LogP contribution in [0.1, 0.15) is 16.7 Å². The van der Waals surface area contributed by atoms with Crippen LogP contribution in [0.3, 0.4) is 0 Å². The van der Waals surface area contributed by atoms with Crippen LogP contribution in [0.4, 0.5) is 0 Å². The fourth-order valence-corrected chi connectivity index (χ4v) is 3.33. The lowest BCUT2D eigenvalue weighted by Crippen LogP contribution is -1.92. The normalized spacial score (nSPS) is 10.7. The summed E-state index contributed by atoms with van der Waals surface area (Å²) in [5, 5.41) is 2.16. The molecule has 0 radical (unpaired) electrons. The van der Waals surface area contributed by atoms with Crippen LogP contribution >= 0.6 is 11.3 Å². The first-order chi connectivity index (χ1) is 9.83. The summed E-state index contributed by atoms with van der Waals surface area (Å²) in [6, 6.07) is 17.1. The Balaban J connectivity index is 1.78. The van der Waals surface area contributed by atoms with Gasteiger partial charge in [0, 0.05) is 6.20 Å². The van der Waals surface area contributed by atoms with Gasteiger partial charge in [-0.05, 0) is 54.5 Å². The topological polar surface area (TPSA) is 12.9 Å². The molecule has 0 fully saturated rings. The summed E-state index contributed by atoms with van der Waals surface area (Å²) < 4.78 is 0. The molecule has 0 atom stereocenters. The summed E-state index contributed by atoms with van der Waals surface area (Å²) >= 11 is 1.78. The Labute approximate surface area is 124 Å². The molecule has 0 bridgehead atoms. The Hall–Kier alpha value is -1.93. The number of pyridine rings is 1. The SMILES string of the molecule is Cc1cccc(CCc2ccsc2-c2ccccn2)c1. The van der Waals surface area contributed by atoms with Gasteiger partial charge in [0.2, 0.25) is 0 Å². The summed E-state index contributed by atoms with van der Waals surface area (Å²) in [7, 11) is 0. The fourth-order valence-electron chi connectivity index (χ4n) is 2.40. The molecule has 3 rings (SSSR count). The maximum Gasteiger partial charge on any atom is 0.0804 e. The van der Waals surface area contributed by atoms with Crippen molar-refractivity contribution in [3.63, 3.8) is 0 Å². The number of rotatable bonds is 4. The molecule has 0 aliphatic rings. The van der Waals surface area contributed by atoms with E-state index in [9.17, 15) is 0 Å². The van der Waals surface area contributed by atoms with Crippen LogP contribution < -0.4 is 0 Å². The van der Waals surface area contributed by atoms with Gasteiger partial charge in [-0.15, -0.1) is 11.3 Å². The van der Waals surface area contributed by atoms with Crippen molar-refractivity contribution >= 4 is 11.3 Å². The lowest BCUT2D eigenvalue weighted by molar-refractivity contribution is 0.964. The number of benzene rings is 1. The molecule has 2 heteroatoms. The second-order valence-corrected chi connectivity index (χ2v) is 5.90. The first-order valence-electron chi connectivity index (χ1n) is 6.86.